The average molecular weight is 457 g/mol. The summed E-state index contributed by atoms with van der Waals surface area (Å²) in [5.74, 6) is 1.26. The third kappa shape index (κ3) is 4.86. The van der Waals surface area contributed by atoms with Gasteiger partial charge in [0.15, 0.2) is 23.0 Å². The van der Waals surface area contributed by atoms with Gasteiger partial charge in [0.2, 0.25) is 0 Å². The van der Waals surface area contributed by atoms with Gasteiger partial charge in [-0.3, -0.25) is 0 Å². The Bertz CT molecular complexity index is 1120. The highest BCUT2D eigenvalue weighted by Gasteiger charge is 2.22. The van der Waals surface area contributed by atoms with Gasteiger partial charge in [0.05, 0.1) is 19.8 Å². The Balaban J connectivity index is 2.04. The molecule has 0 aliphatic heterocycles. The van der Waals surface area contributed by atoms with E-state index >= 15 is 0 Å². The number of phenols is 3. The molecule has 0 aliphatic carbocycles. The molecule has 3 aromatic rings. The van der Waals surface area contributed by atoms with Crippen LogP contribution in [0.15, 0.2) is 60.2 Å². The molecule has 0 aliphatic rings. The van der Waals surface area contributed by atoms with Crippen LogP contribution in [0.5, 0.6) is 34.5 Å². The molecular weight excluding hydrogens is 432 g/mol. The number of aromatic hydroxyl groups is 3. The Labute approximate surface area is 191 Å². The van der Waals surface area contributed by atoms with Gasteiger partial charge in [-0.05, 0) is 54.5 Å². The molecule has 168 valence electrons. The SMILES string of the molecule is COc1cc(-c2ccc(O)cc2)c(OC)c(O)c1-c1ccc(OC/C=C(/C)CCl)c(O)c1. The molecule has 0 saturated carbocycles. The number of rotatable bonds is 8. The predicted octanol–water partition coefficient (Wildman–Crippen LogP) is 5.72. The summed E-state index contributed by atoms with van der Waals surface area (Å²) in [6.45, 7) is 2.17. The second-order valence-corrected chi connectivity index (χ2v) is 7.37. The fourth-order valence-corrected chi connectivity index (χ4v) is 3.36. The van der Waals surface area contributed by atoms with Gasteiger partial charge in [-0.25, -0.2) is 0 Å². The van der Waals surface area contributed by atoms with Crippen LogP contribution >= 0.6 is 11.6 Å². The summed E-state index contributed by atoms with van der Waals surface area (Å²) in [6, 6.07) is 13.1. The molecule has 0 bridgehead atoms. The molecule has 0 atom stereocenters. The van der Waals surface area contributed by atoms with Crippen molar-refractivity contribution < 1.29 is 29.5 Å². The minimum Gasteiger partial charge on any atom is -0.508 e. The van der Waals surface area contributed by atoms with Crippen molar-refractivity contribution in [3.05, 3.63) is 60.2 Å². The first-order valence-corrected chi connectivity index (χ1v) is 10.4. The van der Waals surface area contributed by atoms with Gasteiger partial charge in [-0.2, -0.15) is 0 Å². The molecule has 0 heterocycles. The zero-order valence-corrected chi connectivity index (χ0v) is 18.8. The first-order chi connectivity index (χ1) is 15.4. The summed E-state index contributed by atoms with van der Waals surface area (Å²) in [6.07, 6.45) is 1.84. The van der Waals surface area contributed by atoms with Gasteiger partial charge in [0, 0.05) is 11.4 Å². The Morgan fingerprint density at radius 1 is 0.906 bits per heavy atom. The normalized spacial score (nSPS) is 11.3. The van der Waals surface area contributed by atoms with Gasteiger partial charge in [-0.15, -0.1) is 11.6 Å². The zero-order chi connectivity index (χ0) is 23.3. The van der Waals surface area contributed by atoms with Crippen LogP contribution in [0.25, 0.3) is 22.3 Å². The molecule has 0 unspecified atom stereocenters. The lowest BCUT2D eigenvalue weighted by molar-refractivity contribution is 0.335. The van der Waals surface area contributed by atoms with E-state index < -0.39 is 0 Å². The summed E-state index contributed by atoms with van der Waals surface area (Å²) >= 11 is 5.75. The highest BCUT2D eigenvalue weighted by Crippen LogP contribution is 2.50. The molecule has 32 heavy (non-hydrogen) atoms. The van der Waals surface area contributed by atoms with Crippen molar-refractivity contribution in [3.8, 4) is 56.8 Å². The average Bonchev–Trinajstić information content (AvgIpc) is 2.79. The lowest BCUT2D eigenvalue weighted by atomic mass is 9.96. The van der Waals surface area contributed by atoms with Gasteiger partial charge in [0.25, 0.3) is 0 Å². The van der Waals surface area contributed by atoms with Crippen molar-refractivity contribution in [1.82, 2.24) is 0 Å². The first kappa shape index (κ1) is 23.2. The Kier molecular flexibility index (Phi) is 7.38. The van der Waals surface area contributed by atoms with Crippen molar-refractivity contribution >= 4 is 11.6 Å². The topological polar surface area (TPSA) is 88.4 Å². The van der Waals surface area contributed by atoms with Crippen LogP contribution in [0.1, 0.15) is 6.92 Å². The van der Waals surface area contributed by atoms with E-state index in [1.54, 1.807) is 42.5 Å². The molecule has 0 saturated heterocycles. The maximum Gasteiger partial charge on any atom is 0.170 e. The van der Waals surface area contributed by atoms with Crippen molar-refractivity contribution in [1.29, 1.82) is 0 Å². The molecular formula is C25H25ClO6. The minimum absolute atomic E-state index is 0.0811. The summed E-state index contributed by atoms with van der Waals surface area (Å²) in [7, 11) is 2.95. The van der Waals surface area contributed by atoms with Crippen LogP contribution in [-0.2, 0) is 0 Å². The van der Waals surface area contributed by atoms with Crippen LogP contribution < -0.4 is 14.2 Å². The van der Waals surface area contributed by atoms with Crippen LogP contribution in [0.3, 0.4) is 0 Å². The minimum atomic E-state index is -0.135. The molecule has 3 N–H and O–H groups in total. The van der Waals surface area contributed by atoms with E-state index in [9.17, 15) is 15.3 Å². The number of alkyl halides is 1. The number of halogens is 1. The zero-order valence-electron chi connectivity index (χ0n) is 18.1. The molecule has 0 fully saturated rings. The van der Waals surface area contributed by atoms with Crippen molar-refractivity contribution in [2.75, 3.05) is 26.7 Å². The van der Waals surface area contributed by atoms with Gasteiger partial charge >= 0.3 is 0 Å². The third-order valence-electron chi connectivity index (χ3n) is 4.95. The van der Waals surface area contributed by atoms with Crippen molar-refractivity contribution in [2.45, 2.75) is 6.92 Å². The van der Waals surface area contributed by atoms with Crippen molar-refractivity contribution in [3.63, 3.8) is 0 Å². The number of benzene rings is 3. The van der Waals surface area contributed by atoms with E-state index in [4.69, 9.17) is 25.8 Å². The van der Waals surface area contributed by atoms with Crippen LogP contribution in [0.2, 0.25) is 0 Å². The number of hydrogen-bond donors (Lipinski definition) is 3. The second kappa shape index (κ2) is 10.2. The fraction of sp³-hybridized carbons (Fsp3) is 0.200. The smallest absolute Gasteiger partial charge is 0.170 e. The fourth-order valence-electron chi connectivity index (χ4n) is 3.25. The maximum absolute atomic E-state index is 11.1. The van der Waals surface area contributed by atoms with E-state index in [0.29, 0.717) is 34.1 Å². The molecule has 7 heteroatoms. The van der Waals surface area contributed by atoms with Gasteiger partial charge in [-0.1, -0.05) is 23.8 Å². The highest BCUT2D eigenvalue weighted by atomic mass is 35.5. The molecule has 0 spiro atoms. The van der Waals surface area contributed by atoms with E-state index in [0.717, 1.165) is 11.1 Å². The Morgan fingerprint density at radius 3 is 2.19 bits per heavy atom. The second-order valence-electron chi connectivity index (χ2n) is 7.11. The molecule has 0 aromatic heterocycles. The number of hydrogen-bond acceptors (Lipinski definition) is 6. The van der Waals surface area contributed by atoms with Crippen LogP contribution in [0.4, 0.5) is 0 Å². The maximum atomic E-state index is 11.1. The quantitative estimate of drug-likeness (QED) is 0.297. The number of ether oxygens (including phenoxy) is 3. The number of phenolic OH excluding ortho intramolecular Hbond substituents is 3. The molecule has 0 radical (unpaired) electrons. The third-order valence-corrected chi connectivity index (χ3v) is 5.37. The van der Waals surface area contributed by atoms with Crippen molar-refractivity contribution in [2.24, 2.45) is 0 Å². The van der Waals surface area contributed by atoms with E-state index in [2.05, 4.69) is 0 Å². The molecule has 6 nitrogen and oxygen atoms in total. The lowest BCUT2D eigenvalue weighted by Crippen LogP contribution is -1.97. The standard InChI is InChI=1S/C25H25ClO6/c1-15(14-26)10-11-32-21-9-6-17(12-20(21)28)23-22(30-2)13-19(25(31-3)24(23)29)16-4-7-18(27)8-5-16/h4-10,12-13,27-29H,11,14H2,1-3H3/b15-10-. The predicted molar refractivity (Wildman–Crippen MR) is 125 cm³/mol. The number of allylic oxidation sites excluding steroid dienone is 1. The lowest BCUT2D eigenvalue weighted by Gasteiger charge is -2.18. The summed E-state index contributed by atoms with van der Waals surface area (Å²) in [5.41, 5.74) is 3.18. The molecule has 3 rings (SSSR count). The summed E-state index contributed by atoms with van der Waals surface area (Å²) in [4.78, 5) is 0. The molecule has 3 aromatic carbocycles. The largest absolute Gasteiger partial charge is 0.508 e. The van der Waals surface area contributed by atoms with E-state index in [1.807, 2.05) is 13.0 Å². The Morgan fingerprint density at radius 2 is 1.59 bits per heavy atom. The monoisotopic (exact) mass is 456 g/mol. The number of methoxy groups -OCH3 is 2. The van der Waals surface area contributed by atoms with Crippen LogP contribution in [0, 0.1) is 0 Å². The van der Waals surface area contributed by atoms with E-state index in [1.165, 1.54) is 20.3 Å². The highest BCUT2D eigenvalue weighted by molar-refractivity contribution is 6.19. The van der Waals surface area contributed by atoms with Gasteiger partial charge < -0.3 is 29.5 Å². The van der Waals surface area contributed by atoms with Crippen LogP contribution in [-0.4, -0.2) is 42.0 Å². The Hall–Kier alpha value is -3.51. The van der Waals surface area contributed by atoms with E-state index in [-0.39, 0.29) is 29.6 Å². The van der Waals surface area contributed by atoms with Gasteiger partial charge in [0.1, 0.15) is 18.1 Å². The summed E-state index contributed by atoms with van der Waals surface area (Å²) < 4.78 is 16.6. The first-order valence-electron chi connectivity index (χ1n) is 9.84. The molecule has 0 amide bonds. The summed E-state index contributed by atoms with van der Waals surface area (Å²) in [5, 5.41) is 31.1.